The molecule has 1 amide bonds. The van der Waals surface area contributed by atoms with E-state index in [1.54, 1.807) is 0 Å². The number of rotatable bonds is 4. The topological polar surface area (TPSA) is 59.6 Å². The van der Waals surface area contributed by atoms with Crippen LogP contribution in [0.15, 0.2) is 0 Å². The molecule has 5 nitrogen and oxygen atoms in total. The molecule has 0 unspecified atom stereocenters. The fourth-order valence-corrected chi connectivity index (χ4v) is 3.73. The van der Waals surface area contributed by atoms with E-state index in [4.69, 9.17) is 9.47 Å². The van der Waals surface area contributed by atoms with Gasteiger partial charge in [-0.05, 0) is 41.0 Å². The molecule has 22 heavy (non-hydrogen) atoms. The van der Waals surface area contributed by atoms with Gasteiger partial charge in [-0.2, -0.15) is 0 Å². The highest BCUT2D eigenvalue weighted by Crippen LogP contribution is 2.52. The van der Waals surface area contributed by atoms with Crippen molar-refractivity contribution in [3.63, 3.8) is 0 Å². The highest BCUT2D eigenvalue weighted by molar-refractivity contribution is 5.68. The van der Waals surface area contributed by atoms with E-state index >= 15 is 0 Å². The van der Waals surface area contributed by atoms with Crippen LogP contribution in [-0.4, -0.2) is 42.5 Å². The molecule has 0 bridgehead atoms. The van der Waals surface area contributed by atoms with Gasteiger partial charge in [-0.25, -0.2) is 4.79 Å². The highest BCUT2D eigenvalue weighted by Gasteiger charge is 2.59. The number of ether oxygens (including phenoxy) is 2. The molecule has 1 aliphatic carbocycles. The Labute approximate surface area is 134 Å². The quantitative estimate of drug-likeness (QED) is 0.838. The first kappa shape index (κ1) is 17.5. The molecule has 2 N–H and O–H groups in total. The van der Waals surface area contributed by atoms with E-state index in [-0.39, 0.29) is 17.0 Å². The highest BCUT2D eigenvalue weighted by atomic mass is 16.6. The lowest BCUT2D eigenvalue weighted by molar-refractivity contribution is -0.113. The summed E-state index contributed by atoms with van der Waals surface area (Å²) in [6.07, 6.45) is 1.15. The van der Waals surface area contributed by atoms with Crippen LogP contribution < -0.4 is 10.6 Å². The number of hydrogen-bond donors (Lipinski definition) is 2. The van der Waals surface area contributed by atoms with Crippen molar-refractivity contribution < 1.29 is 14.3 Å². The molecule has 1 saturated heterocycles. The average molecular weight is 312 g/mol. The Morgan fingerprint density at radius 3 is 2.50 bits per heavy atom. The molecule has 128 valence electrons. The SMILES string of the molecule is CC(C)(CN[C@H]1[C@@H]2CCO[C@@H]2C1(C)C)NC(=O)OC(C)(C)C. The molecule has 1 heterocycles. The Bertz CT molecular complexity index is 426. The van der Waals surface area contributed by atoms with Gasteiger partial charge < -0.3 is 20.1 Å². The predicted molar refractivity (Wildman–Crippen MR) is 86.9 cm³/mol. The van der Waals surface area contributed by atoms with Crippen LogP contribution in [0.25, 0.3) is 0 Å². The minimum atomic E-state index is -0.474. The van der Waals surface area contributed by atoms with Crippen molar-refractivity contribution in [3.05, 3.63) is 0 Å². The van der Waals surface area contributed by atoms with Gasteiger partial charge in [0.05, 0.1) is 11.6 Å². The molecule has 0 spiro atoms. The summed E-state index contributed by atoms with van der Waals surface area (Å²) in [5.74, 6) is 0.604. The first-order chi connectivity index (χ1) is 9.92. The second-order valence-corrected chi connectivity index (χ2v) is 8.93. The van der Waals surface area contributed by atoms with Gasteiger partial charge in [-0.15, -0.1) is 0 Å². The number of amides is 1. The zero-order chi connectivity index (χ0) is 16.8. The van der Waals surface area contributed by atoms with Crippen LogP contribution >= 0.6 is 0 Å². The molecule has 5 heteroatoms. The first-order valence-electron chi connectivity index (χ1n) is 8.28. The Morgan fingerprint density at radius 2 is 1.91 bits per heavy atom. The maximum absolute atomic E-state index is 11.9. The van der Waals surface area contributed by atoms with E-state index in [0.717, 1.165) is 13.0 Å². The van der Waals surface area contributed by atoms with Gasteiger partial charge in [-0.1, -0.05) is 13.8 Å². The maximum Gasteiger partial charge on any atom is 0.408 e. The molecular formula is C17H32N2O3. The van der Waals surface area contributed by atoms with Crippen molar-refractivity contribution in [2.24, 2.45) is 11.3 Å². The molecule has 0 radical (unpaired) electrons. The summed E-state index contributed by atoms with van der Waals surface area (Å²) in [4.78, 5) is 11.9. The van der Waals surface area contributed by atoms with Crippen LogP contribution in [0.3, 0.4) is 0 Å². The lowest BCUT2D eigenvalue weighted by Gasteiger charge is -2.55. The summed E-state index contributed by atoms with van der Waals surface area (Å²) in [6.45, 7) is 15.7. The van der Waals surface area contributed by atoms with Gasteiger partial charge in [-0.3, -0.25) is 0 Å². The van der Waals surface area contributed by atoms with Crippen molar-refractivity contribution in [2.45, 2.75) is 78.2 Å². The maximum atomic E-state index is 11.9. The summed E-state index contributed by atoms with van der Waals surface area (Å²) >= 11 is 0. The number of alkyl carbamates (subject to hydrolysis) is 1. The molecule has 0 aromatic carbocycles. The van der Waals surface area contributed by atoms with E-state index in [1.807, 2.05) is 34.6 Å². The Kier molecular flexibility index (Phi) is 4.53. The van der Waals surface area contributed by atoms with Gasteiger partial charge in [0.2, 0.25) is 0 Å². The van der Waals surface area contributed by atoms with E-state index in [9.17, 15) is 4.79 Å². The van der Waals surface area contributed by atoms with E-state index in [1.165, 1.54) is 0 Å². The fourth-order valence-electron chi connectivity index (χ4n) is 3.73. The second-order valence-electron chi connectivity index (χ2n) is 8.93. The predicted octanol–water partition coefficient (Wildman–Crippen LogP) is 2.69. The van der Waals surface area contributed by atoms with Crippen LogP contribution in [0.4, 0.5) is 4.79 Å². The first-order valence-corrected chi connectivity index (χ1v) is 8.28. The molecular weight excluding hydrogens is 280 g/mol. The van der Waals surface area contributed by atoms with Gasteiger partial charge in [0, 0.05) is 30.5 Å². The molecule has 3 atom stereocenters. The molecule has 2 rings (SSSR count). The van der Waals surface area contributed by atoms with Crippen molar-refractivity contribution in [3.8, 4) is 0 Å². The lowest BCUT2D eigenvalue weighted by Crippen LogP contribution is -2.68. The number of nitrogens with one attached hydrogen (secondary N) is 2. The summed E-state index contributed by atoms with van der Waals surface area (Å²) in [6, 6.07) is 0.444. The standard InChI is InChI=1S/C17H32N2O3/c1-15(2,3)22-14(20)19-16(4,5)10-18-12-11-8-9-21-13(11)17(12,6)7/h11-13,18H,8-10H2,1-7H3,(H,19,20)/t11-,12-,13-/m0/s1. The van der Waals surface area contributed by atoms with Crippen LogP contribution in [0.2, 0.25) is 0 Å². The van der Waals surface area contributed by atoms with Gasteiger partial charge in [0.25, 0.3) is 0 Å². The summed E-state index contributed by atoms with van der Waals surface area (Å²) in [5, 5.41) is 6.59. The van der Waals surface area contributed by atoms with Gasteiger partial charge in [0.1, 0.15) is 5.60 Å². The van der Waals surface area contributed by atoms with Crippen molar-refractivity contribution in [1.82, 2.24) is 10.6 Å². The van der Waals surface area contributed by atoms with Crippen molar-refractivity contribution >= 4 is 6.09 Å². The van der Waals surface area contributed by atoms with Crippen LogP contribution in [-0.2, 0) is 9.47 Å². The molecule has 1 aliphatic heterocycles. The minimum absolute atomic E-state index is 0.156. The average Bonchev–Trinajstić information content (AvgIpc) is 2.71. The van der Waals surface area contributed by atoms with E-state index in [0.29, 0.717) is 24.6 Å². The van der Waals surface area contributed by atoms with Crippen molar-refractivity contribution in [2.75, 3.05) is 13.2 Å². The number of fused-ring (bicyclic) bond motifs is 1. The smallest absolute Gasteiger partial charge is 0.408 e. The van der Waals surface area contributed by atoms with Gasteiger partial charge >= 0.3 is 6.09 Å². The Hall–Kier alpha value is -0.810. The van der Waals surface area contributed by atoms with E-state index < -0.39 is 5.60 Å². The van der Waals surface area contributed by atoms with Crippen LogP contribution in [0.5, 0.6) is 0 Å². The largest absolute Gasteiger partial charge is 0.444 e. The zero-order valence-electron chi connectivity index (χ0n) is 15.1. The molecule has 0 aromatic heterocycles. The normalized spacial score (nSPS) is 30.4. The number of carbonyl (C=O) groups excluding carboxylic acids is 1. The third-order valence-corrected chi connectivity index (χ3v) is 4.70. The monoisotopic (exact) mass is 312 g/mol. The lowest BCUT2D eigenvalue weighted by atomic mass is 9.57. The number of hydrogen-bond acceptors (Lipinski definition) is 4. The summed E-state index contributed by atoms with van der Waals surface area (Å²) in [5.41, 5.74) is -0.676. The third kappa shape index (κ3) is 3.74. The third-order valence-electron chi connectivity index (χ3n) is 4.70. The molecule has 0 aromatic rings. The van der Waals surface area contributed by atoms with Gasteiger partial charge in [0.15, 0.2) is 0 Å². The summed E-state index contributed by atoms with van der Waals surface area (Å²) < 4.78 is 11.2. The molecule has 2 fully saturated rings. The van der Waals surface area contributed by atoms with E-state index in [2.05, 4.69) is 24.5 Å². The van der Waals surface area contributed by atoms with Crippen LogP contribution in [0.1, 0.15) is 54.9 Å². The van der Waals surface area contributed by atoms with Crippen LogP contribution in [0, 0.1) is 11.3 Å². The fraction of sp³-hybridized carbons (Fsp3) is 0.941. The van der Waals surface area contributed by atoms with Crippen molar-refractivity contribution in [1.29, 1.82) is 0 Å². The summed E-state index contributed by atoms with van der Waals surface area (Å²) in [7, 11) is 0. The zero-order valence-corrected chi connectivity index (χ0v) is 15.1. The number of carbonyl (C=O) groups is 1. The second kappa shape index (κ2) is 5.68. The Morgan fingerprint density at radius 1 is 1.27 bits per heavy atom. The Balaban J connectivity index is 1.84. The molecule has 2 aliphatic rings. The molecule has 1 saturated carbocycles. The minimum Gasteiger partial charge on any atom is -0.444 e.